The number of anilines is 6. The molecule has 138 heavy (non-hydrogen) atoms. The number of ether oxygens (including phenoxy) is 7. The van der Waals surface area contributed by atoms with Crippen molar-refractivity contribution in [2.45, 2.75) is 169 Å². The summed E-state index contributed by atoms with van der Waals surface area (Å²) in [5, 5.41) is 10.9. The highest BCUT2D eigenvalue weighted by Crippen LogP contribution is 2.40. The highest BCUT2D eigenvalue weighted by atomic mass is 35.5. The van der Waals surface area contributed by atoms with Gasteiger partial charge in [-0.25, -0.2) is 84.8 Å². The van der Waals surface area contributed by atoms with Crippen LogP contribution in [0.2, 0.25) is 5.15 Å². The van der Waals surface area contributed by atoms with Crippen molar-refractivity contribution in [3.05, 3.63) is 258 Å². The van der Waals surface area contributed by atoms with Crippen LogP contribution in [0.3, 0.4) is 0 Å². The molecule has 724 valence electrons. The van der Waals surface area contributed by atoms with Crippen LogP contribution < -0.4 is 29.4 Å². The van der Waals surface area contributed by atoms with Crippen LogP contribution >= 0.6 is 22.9 Å². The smallest absolute Gasteiger partial charge is 0.414 e. The van der Waals surface area contributed by atoms with Crippen LogP contribution in [0, 0.1) is 40.9 Å². The Hall–Kier alpha value is -14.1. The van der Waals surface area contributed by atoms with Crippen molar-refractivity contribution in [1.82, 2.24) is 34.8 Å². The standard InChI is InChI=1S/C21H27FN2O4.C17H19FN2O3S.C16H14ClFN2O2.C16H14F2N2O2.C16H15FN2O2.C15H14FN3O2/c1-5-16-13-24(20(26)27-16)15-6-7-17(18(22)12-15)14-8-10-23(11-9-14)19(25)28-21(2,3)4;1-4-11-9-20(16(21)23-11)10-5-6-12(13(18)7-10)14-8-19-15(24-14)17(2,3)22;1-2-12-9-20(16(21)22-12)11-4-5-13(14(18)7-11)10-3-6-15(17)19-8-10;1-2-12-9-20(16(21)22-12)11-4-5-13(14(17)7-11)10-3-6-15(18)19-8-10;1-2-13-10-19(16(20)21-13)12-5-6-14(15(17)8-12)11-4-3-7-18-9-11;1-2-12-8-19(15(20)21-12)11-3-4-13(14(16)5-11)10-6-17-9-18-7-10/h6-8,12,16H,5,9-11,13H2,1-4H3;5-8,11,22H,4,9H2,1-3H3;2*3-8,12H,2,9H2,1H3;3-9,13H,2,10H2,1H3;3-7,9,12H,2,8H2,1H3/t16-;11-;2*12-;13-;12-/m000000/s1. The van der Waals surface area contributed by atoms with Crippen molar-refractivity contribution in [3.63, 3.8) is 0 Å². The largest absolute Gasteiger partial charge is 0.444 e. The quantitative estimate of drug-likeness (QED) is 0.0447. The molecule has 37 heteroatoms. The van der Waals surface area contributed by atoms with E-state index < -0.39 is 77.0 Å². The molecule has 6 saturated heterocycles. The Balaban J connectivity index is 0.000000140. The van der Waals surface area contributed by atoms with Crippen LogP contribution in [-0.2, 0) is 38.8 Å². The van der Waals surface area contributed by atoms with Crippen LogP contribution in [0.1, 0.15) is 132 Å². The number of hydrogen-bond acceptors (Lipinski definition) is 22. The third-order valence-electron chi connectivity index (χ3n) is 23.0. The highest BCUT2D eigenvalue weighted by molar-refractivity contribution is 7.15. The second kappa shape index (κ2) is 45.2. The Morgan fingerprint density at radius 3 is 1.03 bits per heavy atom. The molecule has 0 bridgehead atoms. The number of cyclic esters (lactones) is 6. The molecule has 0 radical (unpaired) electrons. The van der Waals surface area contributed by atoms with Crippen molar-refractivity contribution in [3.8, 4) is 54.9 Å². The summed E-state index contributed by atoms with van der Waals surface area (Å²) in [6.45, 7) is 23.9. The fraction of sp³-hybridized carbons (Fsp3) is 0.337. The SMILES string of the molecule is CC[C@H]1CN(c2ccc(-c3ccc(Cl)nc3)c(F)c2)C(=O)O1.CC[C@H]1CN(c2ccc(-c3ccc(F)nc3)c(F)c2)C(=O)O1.CC[C@H]1CN(c2ccc(-c3cccnc3)c(F)c2)C(=O)O1.CC[C@H]1CN(c2ccc(-c3cnc(C(C)(C)O)s3)c(F)c2)C(=O)O1.CC[C@H]1CN(c2ccc(-c3cncnc3)c(F)c2)C(=O)O1.CC[C@H]1CN(c2ccc(C3=CCN(C(=O)OC(C)(C)C)CC3)c(F)c2)C(=O)O1. The molecular weight excluding hydrogens is 1840 g/mol. The van der Waals surface area contributed by atoms with E-state index in [2.05, 4.69) is 29.9 Å². The van der Waals surface area contributed by atoms with Gasteiger partial charge in [-0.15, -0.1) is 11.3 Å². The normalized spacial score (nSPS) is 18.3. The van der Waals surface area contributed by atoms with Crippen LogP contribution in [0.5, 0.6) is 0 Å². The van der Waals surface area contributed by atoms with E-state index in [1.165, 1.54) is 108 Å². The summed E-state index contributed by atoms with van der Waals surface area (Å²) >= 11 is 6.97. The van der Waals surface area contributed by atoms with Crippen molar-refractivity contribution >= 4 is 105 Å². The molecule has 0 unspecified atom stereocenters. The number of halogens is 8. The van der Waals surface area contributed by atoms with Crippen LogP contribution in [0.4, 0.5) is 98.4 Å². The average molecular weight is 1940 g/mol. The first-order valence-electron chi connectivity index (χ1n) is 44.9. The number of aliphatic hydroxyl groups is 1. The van der Waals surface area contributed by atoms with Crippen molar-refractivity contribution in [1.29, 1.82) is 0 Å². The number of benzene rings is 6. The van der Waals surface area contributed by atoms with Crippen LogP contribution in [0.25, 0.3) is 60.5 Å². The molecular formula is C101H103ClF7N13O15S. The van der Waals surface area contributed by atoms with Gasteiger partial charge in [0.2, 0.25) is 5.95 Å². The lowest BCUT2D eigenvalue weighted by Gasteiger charge is -2.29. The van der Waals surface area contributed by atoms with E-state index in [1.807, 2.05) is 68.4 Å². The second-order valence-electron chi connectivity index (χ2n) is 34.2. The van der Waals surface area contributed by atoms with Gasteiger partial charge in [0.05, 0.1) is 78.3 Å². The molecule has 11 aromatic rings. The molecule has 6 atom stereocenters. The Bertz CT molecular complexity index is 5990. The molecule has 0 spiro atoms. The van der Waals surface area contributed by atoms with Gasteiger partial charge in [-0.3, -0.25) is 34.4 Å². The summed E-state index contributed by atoms with van der Waals surface area (Å²) < 4.78 is 136. The van der Waals surface area contributed by atoms with E-state index in [0.29, 0.717) is 170 Å². The number of carbonyl (C=O) groups is 7. The Kier molecular flexibility index (Phi) is 33.2. The molecule has 7 amide bonds. The Morgan fingerprint density at radius 2 is 0.746 bits per heavy atom. The zero-order chi connectivity index (χ0) is 99.0. The van der Waals surface area contributed by atoms with E-state index in [4.69, 9.17) is 44.8 Å². The fourth-order valence-corrected chi connectivity index (χ4v) is 16.3. The number of hydrogen-bond donors (Lipinski definition) is 1. The third-order valence-corrected chi connectivity index (χ3v) is 24.6. The minimum atomic E-state index is -1.06. The molecule has 6 fully saturated rings. The number of pyridine rings is 3. The first-order valence-corrected chi connectivity index (χ1v) is 46.1. The fourth-order valence-electron chi connectivity index (χ4n) is 15.2. The van der Waals surface area contributed by atoms with Gasteiger partial charge in [0.15, 0.2) is 0 Å². The molecule has 12 heterocycles. The van der Waals surface area contributed by atoms with E-state index in [0.717, 1.165) is 37.7 Å². The first kappa shape index (κ1) is 101. The molecule has 28 nitrogen and oxygen atoms in total. The van der Waals surface area contributed by atoms with E-state index in [-0.39, 0.29) is 54.4 Å². The molecule has 0 aliphatic carbocycles. The topological polar surface area (TPSA) is 304 Å². The van der Waals surface area contributed by atoms with Gasteiger partial charge < -0.3 is 43.2 Å². The monoisotopic (exact) mass is 1940 g/mol. The minimum absolute atomic E-state index is 0.126. The van der Waals surface area contributed by atoms with Gasteiger partial charge in [-0.05, 0) is 225 Å². The number of amides is 7. The van der Waals surface area contributed by atoms with Gasteiger partial charge in [-0.2, -0.15) is 4.39 Å². The predicted octanol–water partition coefficient (Wildman–Crippen LogP) is 23.2. The summed E-state index contributed by atoms with van der Waals surface area (Å²) in [7, 11) is 0. The summed E-state index contributed by atoms with van der Waals surface area (Å²) in [6.07, 6.45) is 14.9. The maximum Gasteiger partial charge on any atom is 0.414 e. The van der Waals surface area contributed by atoms with Crippen LogP contribution in [-0.4, -0.2) is 177 Å². The molecule has 1 N–H and O–H groups in total. The molecule has 18 rings (SSSR count). The molecule has 0 saturated carbocycles. The van der Waals surface area contributed by atoms with Gasteiger partial charge in [0.1, 0.15) is 99.2 Å². The van der Waals surface area contributed by atoms with Crippen LogP contribution in [0.15, 0.2) is 201 Å². The van der Waals surface area contributed by atoms with Gasteiger partial charge in [0, 0.05) is 112 Å². The van der Waals surface area contributed by atoms with Crippen molar-refractivity contribution in [2.75, 3.05) is 81.8 Å². The van der Waals surface area contributed by atoms with Gasteiger partial charge in [0.25, 0.3) is 0 Å². The lowest BCUT2D eigenvalue weighted by atomic mass is 9.98. The number of rotatable bonds is 19. The number of carbonyl (C=O) groups excluding carboxylic acids is 7. The van der Waals surface area contributed by atoms with E-state index >= 15 is 0 Å². The van der Waals surface area contributed by atoms with Gasteiger partial charge in [-0.1, -0.05) is 65.3 Å². The maximum atomic E-state index is 14.7. The number of thiazole rings is 1. The number of nitrogens with zero attached hydrogens (tertiary/aromatic N) is 13. The summed E-state index contributed by atoms with van der Waals surface area (Å²) in [4.78, 5) is 117. The summed E-state index contributed by atoms with van der Waals surface area (Å²) in [6, 6.07) is 37.5. The third kappa shape index (κ3) is 25.2. The minimum Gasteiger partial charge on any atom is -0.444 e. The Labute approximate surface area is 801 Å². The summed E-state index contributed by atoms with van der Waals surface area (Å²) in [5.74, 6) is -3.17. The maximum absolute atomic E-state index is 14.7. The highest BCUT2D eigenvalue weighted by Gasteiger charge is 2.39. The zero-order valence-corrected chi connectivity index (χ0v) is 79.1. The molecule has 5 aromatic heterocycles. The summed E-state index contributed by atoms with van der Waals surface area (Å²) in [5.41, 5.74) is 7.02. The second-order valence-corrected chi connectivity index (χ2v) is 35.7. The zero-order valence-electron chi connectivity index (χ0n) is 77.5. The van der Waals surface area contributed by atoms with E-state index in [1.54, 1.807) is 147 Å². The molecule has 6 aromatic carbocycles. The molecule has 7 aliphatic heterocycles. The predicted molar refractivity (Wildman–Crippen MR) is 508 cm³/mol. The lowest BCUT2D eigenvalue weighted by molar-refractivity contribution is 0.0269. The van der Waals surface area contributed by atoms with Crippen molar-refractivity contribution < 1.29 is 103 Å². The van der Waals surface area contributed by atoms with Crippen molar-refractivity contribution in [2.24, 2.45) is 0 Å². The van der Waals surface area contributed by atoms with Gasteiger partial charge >= 0.3 is 42.7 Å². The average Bonchev–Trinajstić information content (AvgIpc) is 1.57. The number of aromatic nitrogens is 6. The molecule has 7 aliphatic rings. The Morgan fingerprint density at radius 1 is 0.413 bits per heavy atom. The van der Waals surface area contributed by atoms with E-state index in [9.17, 15) is 69.4 Å². The first-order chi connectivity index (χ1) is 66.0. The lowest BCUT2D eigenvalue weighted by Crippen LogP contribution is -2.39.